The van der Waals surface area contributed by atoms with Gasteiger partial charge in [0, 0.05) is 12.0 Å². The molecule has 2 aliphatic heterocycles. The second-order valence-corrected chi connectivity index (χ2v) is 9.20. The highest BCUT2D eigenvalue weighted by atomic mass is 16.5. The lowest BCUT2D eigenvalue weighted by Crippen LogP contribution is -2.66. The number of benzene rings is 1. The van der Waals surface area contributed by atoms with Gasteiger partial charge in [-0.1, -0.05) is 43.2 Å². The van der Waals surface area contributed by atoms with Crippen LogP contribution in [0.2, 0.25) is 0 Å². The van der Waals surface area contributed by atoms with E-state index in [1.54, 1.807) is 0 Å². The van der Waals surface area contributed by atoms with Gasteiger partial charge in [0.05, 0.1) is 11.2 Å². The number of fused-ring (bicyclic) bond motifs is 3. The molecule has 2 bridgehead atoms. The van der Waals surface area contributed by atoms with Gasteiger partial charge in [0.15, 0.2) is 0 Å². The molecule has 1 aromatic rings. The molecule has 0 unspecified atom stereocenters. The van der Waals surface area contributed by atoms with E-state index in [0.717, 1.165) is 12.3 Å². The summed E-state index contributed by atoms with van der Waals surface area (Å²) < 4.78 is 6.79. The third-order valence-electron chi connectivity index (χ3n) is 7.23. The first-order valence-corrected chi connectivity index (χ1v) is 9.98. The minimum Gasteiger partial charge on any atom is -0.368 e. The van der Waals surface area contributed by atoms with Crippen molar-refractivity contribution >= 4 is 0 Å². The van der Waals surface area contributed by atoms with Gasteiger partial charge in [-0.05, 0) is 69.8 Å². The summed E-state index contributed by atoms with van der Waals surface area (Å²) in [6, 6.07) is 11.3. The molecule has 2 heterocycles. The zero-order chi connectivity index (χ0) is 16.8. The fourth-order valence-electron chi connectivity index (χ4n) is 6.17. The van der Waals surface area contributed by atoms with Gasteiger partial charge >= 0.3 is 0 Å². The largest absolute Gasteiger partial charge is 0.368 e. The summed E-state index contributed by atoms with van der Waals surface area (Å²) in [5, 5.41) is 0. The average molecular weight is 328 g/mol. The number of nitrogens with two attached hydrogens (primary N) is 1. The van der Waals surface area contributed by atoms with Gasteiger partial charge in [-0.3, -0.25) is 0 Å². The smallest absolute Gasteiger partial charge is 0.0733 e. The topological polar surface area (TPSA) is 35.2 Å². The van der Waals surface area contributed by atoms with Crippen molar-refractivity contribution in [1.82, 2.24) is 0 Å². The number of hydrogen-bond acceptors (Lipinski definition) is 2. The quantitative estimate of drug-likeness (QED) is 0.872. The fourth-order valence-corrected chi connectivity index (χ4v) is 6.17. The Bertz CT molecular complexity index is 569. The molecule has 4 aliphatic rings. The molecule has 0 aromatic heterocycles. The van der Waals surface area contributed by atoms with E-state index in [1.807, 2.05) is 0 Å². The van der Waals surface area contributed by atoms with Crippen molar-refractivity contribution in [2.45, 2.75) is 82.5 Å². The maximum atomic E-state index is 6.79. The summed E-state index contributed by atoms with van der Waals surface area (Å²) in [5.41, 5.74) is 8.08. The van der Waals surface area contributed by atoms with E-state index in [-0.39, 0.29) is 11.2 Å². The molecule has 2 nitrogen and oxygen atoms in total. The molecule has 1 aromatic carbocycles. The average Bonchev–Trinajstić information content (AvgIpc) is 2.55. The van der Waals surface area contributed by atoms with Crippen LogP contribution in [0.3, 0.4) is 0 Å². The van der Waals surface area contributed by atoms with Crippen molar-refractivity contribution in [3.63, 3.8) is 0 Å². The van der Waals surface area contributed by atoms with Gasteiger partial charge in [-0.25, -0.2) is 0 Å². The maximum Gasteiger partial charge on any atom is 0.0733 e. The lowest BCUT2D eigenvalue weighted by Gasteiger charge is -2.61. The Morgan fingerprint density at radius 3 is 2.62 bits per heavy atom. The van der Waals surface area contributed by atoms with Gasteiger partial charge in [0.2, 0.25) is 0 Å². The van der Waals surface area contributed by atoms with Crippen LogP contribution in [0.25, 0.3) is 0 Å². The Kier molecular flexibility index (Phi) is 4.25. The van der Waals surface area contributed by atoms with Gasteiger partial charge in [0.25, 0.3) is 0 Å². The van der Waals surface area contributed by atoms with Crippen molar-refractivity contribution in [2.24, 2.45) is 23.5 Å². The van der Waals surface area contributed by atoms with Crippen molar-refractivity contribution in [3.8, 4) is 0 Å². The predicted octanol–water partition coefficient (Wildman–Crippen LogP) is 4.71. The van der Waals surface area contributed by atoms with E-state index >= 15 is 0 Å². The van der Waals surface area contributed by atoms with Crippen molar-refractivity contribution in [3.05, 3.63) is 35.9 Å². The molecule has 0 spiro atoms. The summed E-state index contributed by atoms with van der Waals surface area (Å²) in [5.74, 6) is 2.05. The van der Waals surface area contributed by atoms with Crippen LogP contribution in [0.1, 0.15) is 64.4 Å². The molecular weight excluding hydrogens is 294 g/mol. The molecular formula is C22H33NO. The standard InChI is InChI=1S/C22H33NO/c1-21(2)19-11-12-22(24-21,15-20(19)23)18-10-6-9-17(14-18)13-16-7-4-3-5-8-16/h3-5,7-8,17-20H,6,9-15,23H2,1-2H3/t17-,18+,19-,20+,22-/m0/s1. The highest BCUT2D eigenvalue weighted by Crippen LogP contribution is 2.55. The molecule has 2 aliphatic carbocycles. The number of ether oxygens (including phenoxy) is 1. The Morgan fingerprint density at radius 2 is 1.92 bits per heavy atom. The zero-order valence-corrected chi connectivity index (χ0v) is 15.3. The maximum absolute atomic E-state index is 6.79. The molecule has 5 rings (SSSR count). The Hall–Kier alpha value is -0.860. The van der Waals surface area contributed by atoms with E-state index in [4.69, 9.17) is 10.5 Å². The summed E-state index contributed by atoms with van der Waals surface area (Å²) in [4.78, 5) is 0. The lowest BCUT2D eigenvalue weighted by atomic mass is 9.59. The molecule has 2 saturated heterocycles. The second-order valence-electron chi connectivity index (χ2n) is 9.20. The minimum atomic E-state index is -0.0394. The van der Waals surface area contributed by atoms with Crippen LogP contribution in [0.4, 0.5) is 0 Å². The Labute approximate surface area is 147 Å². The number of rotatable bonds is 3. The molecule has 4 fully saturated rings. The normalized spacial score (nSPS) is 41.3. The van der Waals surface area contributed by atoms with E-state index in [9.17, 15) is 0 Å². The van der Waals surface area contributed by atoms with Crippen molar-refractivity contribution in [1.29, 1.82) is 0 Å². The van der Waals surface area contributed by atoms with E-state index in [2.05, 4.69) is 44.2 Å². The first-order valence-electron chi connectivity index (χ1n) is 9.98. The van der Waals surface area contributed by atoms with Gasteiger partial charge in [-0.2, -0.15) is 0 Å². The Morgan fingerprint density at radius 1 is 1.12 bits per heavy atom. The summed E-state index contributed by atoms with van der Waals surface area (Å²) in [7, 11) is 0. The van der Waals surface area contributed by atoms with Gasteiger partial charge in [-0.15, -0.1) is 0 Å². The van der Waals surface area contributed by atoms with Crippen LogP contribution < -0.4 is 5.73 Å². The molecule has 0 radical (unpaired) electrons. The molecule has 132 valence electrons. The SMILES string of the molecule is CC1(C)O[C@@]2([C@@H]3CCC[C@@H](Cc4ccccc4)C3)CC[C@H]1[C@H](N)C2. The third kappa shape index (κ3) is 2.93. The molecule has 5 atom stereocenters. The highest BCUT2D eigenvalue weighted by Gasteiger charge is 2.57. The molecule has 2 saturated carbocycles. The summed E-state index contributed by atoms with van der Waals surface area (Å²) in [6.45, 7) is 4.55. The molecule has 2 N–H and O–H groups in total. The zero-order valence-electron chi connectivity index (χ0n) is 15.3. The monoisotopic (exact) mass is 327 g/mol. The van der Waals surface area contributed by atoms with Crippen molar-refractivity contribution < 1.29 is 4.74 Å². The van der Waals surface area contributed by atoms with Crippen LogP contribution in [0.5, 0.6) is 0 Å². The van der Waals surface area contributed by atoms with Crippen LogP contribution in [0, 0.1) is 17.8 Å². The predicted molar refractivity (Wildman–Crippen MR) is 98.8 cm³/mol. The molecule has 0 amide bonds. The van der Waals surface area contributed by atoms with Crippen molar-refractivity contribution in [2.75, 3.05) is 0 Å². The molecule has 2 heteroatoms. The Balaban J connectivity index is 1.49. The van der Waals surface area contributed by atoms with E-state index < -0.39 is 0 Å². The van der Waals surface area contributed by atoms with Gasteiger partial charge < -0.3 is 10.5 Å². The van der Waals surface area contributed by atoms with Crippen LogP contribution in [-0.4, -0.2) is 17.2 Å². The van der Waals surface area contributed by atoms with Crippen LogP contribution in [-0.2, 0) is 11.2 Å². The minimum absolute atomic E-state index is 0.0394. The first kappa shape index (κ1) is 16.6. The first-order chi connectivity index (χ1) is 11.5. The summed E-state index contributed by atoms with van der Waals surface area (Å²) >= 11 is 0. The molecule has 24 heavy (non-hydrogen) atoms. The van der Waals surface area contributed by atoms with E-state index in [0.29, 0.717) is 17.9 Å². The number of hydrogen-bond donors (Lipinski definition) is 1. The van der Waals surface area contributed by atoms with E-state index in [1.165, 1.54) is 50.5 Å². The fraction of sp³-hybridized carbons (Fsp3) is 0.727. The third-order valence-corrected chi connectivity index (χ3v) is 7.23. The van der Waals surface area contributed by atoms with Crippen LogP contribution >= 0.6 is 0 Å². The second kappa shape index (κ2) is 6.14. The lowest BCUT2D eigenvalue weighted by molar-refractivity contribution is -0.268. The highest BCUT2D eigenvalue weighted by molar-refractivity contribution is 5.16. The van der Waals surface area contributed by atoms with Gasteiger partial charge in [0.1, 0.15) is 0 Å². The summed E-state index contributed by atoms with van der Waals surface area (Å²) in [6.07, 6.45) is 10.2. The van der Waals surface area contributed by atoms with Crippen LogP contribution in [0.15, 0.2) is 30.3 Å².